The second-order valence-corrected chi connectivity index (χ2v) is 8.25. The third kappa shape index (κ3) is 4.63. The Morgan fingerprint density at radius 2 is 2.04 bits per heavy atom. The van der Waals surface area contributed by atoms with E-state index in [2.05, 4.69) is 16.8 Å². The molecule has 0 spiro atoms. The largest absolute Gasteiger partial charge is 0.321 e. The number of rotatable bonds is 6. The molecule has 0 radical (unpaired) electrons. The van der Waals surface area contributed by atoms with Crippen molar-refractivity contribution in [3.05, 3.63) is 84.1 Å². The molecule has 8 heteroatoms. The van der Waals surface area contributed by atoms with Crippen molar-refractivity contribution in [1.82, 2.24) is 0 Å². The Labute approximate surface area is 172 Å². The minimum absolute atomic E-state index is 0.101. The Bertz CT molecular complexity index is 945. The molecule has 3 rings (SSSR count). The molecule has 1 amide bonds. The molecule has 0 saturated heterocycles. The van der Waals surface area contributed by atoms with Gasteiger partial charge in [-0.3, -0.25) is 14.9 Å². The number of nitrogens with zero attached hydrogens (tertiary/aromatic N) is 1. The number of hydrogen-bond acceptors (Lipinski definition) is 5. The molecular formula is C18H13IN2O3S2. The van der Waals surface area contributed by atoms with Gasteiger partial charge >= 0.3 is 0 Å². The van der Waals surface area contributed by atoms with Gasteiger partial charge in [-0.05, 0) is 63.2 Å². The van der Waals surface area contributed by atoms with Crippen LogP contribution in [0, 0.1) is 13.7 Å². The topological polar surface area (TPSA) is 72.2 Å². The molecule has 0 fully saturated rings. The standard InChI is InChI=1S/C18H13IN2O3S2/c19-15-6-5-13(21(23)24)9-14(15)18(22)20-16-3-1-2-4-17(16)26-11-12-7-8-25-10-12/h1-10H,11H2,(H,20,22). The Morgan fingerprint density at radius 1 is 1.23 bits per heavy atom. The highest BCUT2D eigenvalue weighted by molar-refractivity contribution is 14.1. The van der Waals surface area contributed by atoms with Crippen LogP contribution in [0.3, 0.4) is 0 Å². The molecule has 0 aliphatic rings. The third-order valence-corrected chi connectivity index (χ3v) is 6.33. The van der Waals surface area contributed by atoms with Crippen LogP contribution in [0.1, 0.15) is 15.9 Å². The maximum atomic E-state index is 12.6. The molecule has 0 atom stereocenters. The highest BCUT2D eigenvalue weighted by Crippen LogP contribution is 2.31. The van der Waals surface area contributed by atoms with Gasteiger partial charge in [-0.2, -0.15) is 11.3 Å². The van der Waals surface area contributed by atoms with E-state index in [0.29, 0.717) is 9.26 Å². The summed E-state index contributed by atoms with van der Waals surface area (Å²) in [5.41, 5.74) is 2.11. The number of anilines is 1. The molecule has 1 N–H and O–H groups in total. The molecule has 3 aromatic rings. The number of nitrogens with one attached hydrogen (secondary N) is 1. The normalized spacial score (nSPS) is 10.5. The van der Waals surface area contributed by atoms with Crippen molar-refractivity contribution in [2.45, 2.75) is 10.6 Å². The van der Waals surface area contributed by atoms with E-state index in [1.165, 1.54) is 17.7 Å². The van der Waals surface area contributed by atoms with E-state index in [4.69, 9.17) is 0 Å². The first-order chi connectivity index (χ1) is 12.5. The summed E-state index contributed by atoms with van der Waals surface area (Å²) in [5.74, 6) is 0.451. The van der Waals surface area contributed by atoms with Gasteiger partial charge < -0.3 is 5.32 Å². The SMILES string of the molecule is O=C(Nc1ccccc1SCc1ccsc1)c1cc([N+](=O)[O-])ccc1I. The van der Waals surface area contributed by atoms with Crippen LogP contribution in [-0.2, 0) is 5.75 Å². The summed E-state index contributed by atoms with van der Waals surface area (Å²) < 4.78 is 0.661. The molecule has 132 valence electrons. The lowest BCUT2D eigenvalue weighted by Gasteiger charge is -2.11. The van der Waals surface area contributed by atoms with Crippen LogP contribution in [0.2, 0.25) is 0 Å². The molecule has 1 aromatic heterocycles. The average Bonchev–Trinajstić information content (AvgIpc) is 3.14. The van der Waals surface area contributed by atoms with Crippen LogP contribution < -0.4 is 5.32 Å². The van der Waals surface area contributed by atoms with E-state index in [-0.39, 0.29) is 17.2 Å². The number of carbonyl (C=O) groups excluding carboxylic acids is 1. The first-order valence-corrected chi connectivity index (χ1v) is 10.5. The van der Waals surface area contributed by atoms with Gasteiger partial charge in [-0.15, -0.1) is 11.8 Å². The summed E-state index contributed by atoms with van der Waals surface area (Å²) in [6.45, 7) is 0. The maximum Gasteiger partial charge on any atom is 0.270 e. The molecule has 0 aliphatic carbocycles. The molecule has 2 aromatic carbocycles. The van der Waals surface area contributed by atoms with Crippen molar-refractivity contribution < 1.29 is 9.72 Å². The molecule has 26 heavy (non-hydrogen) atoms. The lowest BCUT2D eigenvalue weighted by Crippen LogP contribution is -2.14. The number of para-hydroxylation sites is 1. The number of benzene rings is 2. The monoisotopic (exact) mass is 496 g/mol. The Hall–Kier alpha value is -1.91. The fourth-order valence-electron chi connectivity index (χ4n) is 2.22. The number of halogens is 1. The van der Waals surface area contributed by atoms with Gasteiger partial charge in [-0.1, -0.05) is 12.1 Å². The molecule has 1 heterocycles. The van der Waals surface area contributed by atoms with Gasteiger partial charge in [0.15, 0.2) is 0 Å². The molecule has 5 nitrogen and oxygen atoms in total. The van der Waals surface area contributed by atoms with Gasteiger partial charge in [0.1, 0.15) is 0 Å². The summed E-state index contributed by atoms with van der Waals surface area (Å²) in [6.07, 6.45) is 0. The third-order valence-electron chi connectivity index (χ3n) is 3.52. The highest BCUT2D eigenvalue weighted by Gasteiger charge is 2.16. The van der Waals surface area contributed by atoms with Gasteiger partial charge in [0.05, 0.1) is 16.2 Å². The lowest BCUT2D eigenvalue weighted by molar-refractivity contribution is -0.384. The number of carbonyl (C=O) groups is 1. The van der Waals surface area contributed by atoms with Crippen LogP contribution in [0.15, 0.2) is 64.2 Å². The van der Waals surface area contributed by atoms with Crippen molar-refractivity contribution in [1.29, 1.82) is 0 Å². The zero-order chi connectivity index (χ0) is 18.5. The number of nitro benzene ring substituents is 1. The molecule has 0 saturated carbocycles. The predicted molar refractivity (Wildman–Crippen MR) is 114 cm³/mol. The van der Waals surface area contributed by atoms with E-state index < -0.39 is 4.92 Å². The van der Waals surface area contributed by atoms with Crippen molar-refractivity contribution in [2.75, 3.05) is 5.32 Å². The van der Waals surface area contributed by atoms with E-state index >= 15 is 0 Å². The highest BCUT2D eigenvalue weighted by atomic mass is 127. The number of amides is 1. The maximum absolute atomic E-state index is 12.6. The summed E-state index contributed by atoms with van der Waals surface area (Å²) in [6, 6.07) is 13.9. The van der Waals surface area contributed by atoms with Crippen LogP contribution >= 0.6 is 45.7 Å². The van der Waals surface area contributed by atoms with E-state index in [1.807, 2.05) is 52.2 Å². The first-order valence-electron chi connectivity index (χ1n) is 7.53. The van der Waals surface area contributed by atoms with Crippen molar-refractivity contribution in [3.8, 4) is 0 Å². The fraction of sp³-hybridized carbons (Fsp3) is 0.0556. The Balaban J connectivity index is 1.79. The van der Waals surface area contributed by atoms with Crippen molar-refractivity contribution in [2.24, 2.45) is 0 Å². The van der Waals surface area contributed by atoms with E-state index in [9.17, 15) is 14.9 Å². The van der Waals surface area contributed by atoms with Gasteiger partial charge in [0.25, 0.3) is 11.6 Å². The van der Waals surface area contributed by atoms with Crippen molar-refractivity contribution >= 4 is 63.0 Å². The molecule has 0 bridgehead atoms. The van der Waals surface area contributed by atoms with Gasteiger partial charge in [-0.25, -0.2) is 0 Å². The second-order valence-electron chi connectivity index (χ2n) is 5.29. The van der Waals surface area contributed by atoms with Crippen LogP contribution in [-0.4, -0.2) is 10.8 Å². The predicted octanol–water partition coefficient (Wildman–Crippen LogP) is 5.81. The number of thioether (sulfide) groups is 1. The molecule has 0 aliphatic heterocycles. The minimum Gasteiger partial charge on any atom is -0.321 e. The van der Waals surface area contributed by atoms with Crippen LogP contribution in [0.25, 0.3) is 0 Å². The van der Waals surface area contributed by atoms with Crippen molar-refractivity contribution in [3.63, 3.8) is 0 Å². The number of hydrogen-bond donors (Lipinski definition) is 1. The quantitative estimate of drug-likeness (QED) is 0.203. The fourth-order valence-corrected chi connectivity index (χ4v) is 4.53. The zero-order valence-electron chi connectivity index (χ0n) is 13.3. The lowest BCUT2D eigenvalue weighted by atomic mass is 10.2. The molecular weight excluding hydrogens is 483 g/mol. The average molecular weight is 496 g/mol. The number of thiophene rings is 1. The zero-order valence-corrected chi connectivity index (χ0v) is 17.1. The summed E-state index contributed by atoms with van der Waals surface area (Å²) in [7, 11) is 0. The number of non-ortho nitro benzene ring substituents is 1. The summed E-state index contributed by atoms with van der Waals surface area (Å²) in [4.78, 5) is 24.1. The number of nitro groups is 1. The second kappa shape index (κ2) is 8.65. The van der Waals surface area contributed by atoms with E-state index in [1.54, 1.807) is 29.2 Å². The molecule has 0 unspecified atom stereocenters. The van der Waals surface area contributed by atoms with Gasteiger partial charge in [0.2, 0.25) is 0 Å². The van der Waals surface area contributed by atoms with E-state index in [0.717, 1.165) is 10.6 Å². The first kappa shape index (κ1) is 18.9. The minimum atomic E-state index is -0.502. The summed E-state index contributed by atoms with van der Waals surface area (Å²) in [5, 5.41) is 18.0. The Kier molecular flexibility index (Phi) is 6.28. The van der Waals surface area contributed by atoms with Crippen LogP contribution in [0.4, 0.5) is 11.4 Å². The smallest absolute Gasteiger partial charge is 0.270 e. The Morgan fingerprint density at radius 3 is 2.77 bits per heavy atom. The van der Waals surface area contributed by atoms with Gasteiger partial charge in [0, 0.05) is 26.4 Å². The summed E-state index contributed by atoms with van der Waals surface area (Å²) >= 11 is 5.29. The van der Waals surface area contributed by atoms with Crippen LogP contribution in [0.5, 0.6) is 0 Å².